The summed E-state index contributed by atoms with van der Waals surface area (Å²) in [7, 11) is 0. The van der Waals surface area contributed by atoms with E-state index in [2.05, 4.69) is 44.2 Å². The average molecular weight is 510 g/mol. The fourth-order valence-electron chi connectivity index (χ4n) is 5.48. The second-order valence-corrected chi connectivity index (χ2v) is 10.9. The number of piperidine rings is 1. The zero-order chi connectivity index (χ0) is 26.4. The molecule has 3 saturated heterocycles. The summed E-state index contributed by atoms with van der Waals surface area (Å²) in [6.45, 7) is 8.35. The highest BCUT2D eigenvalue weighted by atomic mass is 16.5. The third-order valence-electron chi connectivity index (χ3n) is 7.32. The number of ether oxygens (including phenoxy) is 1. The number of aryl methyl sites for hydroxylation is 1. The van der Waals surface area contributed by atoms with Crippen LogP contribution < -0.4 is 9.64 Å². The summed E-state index contributed by atoms with van der Waals surface area (Å²) in [6.07, 6.45) is 6.35. The summed E-state index contributed by atoms with van der Waals surface area (Å²) >= 11 is 0. The predicted octanol–water partition coefficient (Wildman–Crippen LogP) is 3.58. The smallest absolute Gasteiger partial charge is 0.138 e. The van der Waals surface area contributed by atoms with Crippen LogP contribution in [0.15, 0.2) is 55.0 Å². The molecule has 2 atom stereocenters. The van der Waals surface area contributed by atoms with Gasteiger partial charge in [-0.2, -0.15) is 10.4 Å². The van der Waals surface area contributed by atoms with Crippen LogP contribution in [0.1, 0.15) is 37.2 Å². The molecule has 4 aromatic rings. The molecule has 4 aromatic heterocycles. The summed E-state index contributed by atoms with van der Waals surface area (Å²) in [5.74, 6) is 1.52. The number of aliphatic hydroxyl groups is 1. The molecule has 0 aromatic carbocycles. The first kappa shape index (κ1) is 24.3. The maximum absolute atomic E-state index is 10.1. The number of piperazine rings is 1. The first-order valence-electron chi connectivity index (χ1n) is 12.9. The van der Waals surface area contributed by atoms with Crippen LogP contribution in [0.5, 0.6) is 5.75 Å². The van der Waals surface area contributed by atoms with Gasteiger partial charge in [-0.1, -0.05) is 6.07 Å². The lowest BCUT2D eigenvalue weighted by Crippen LogP contribution is -2.68. The van der Waals surface area contributed by atoms with Gasteiger partial charge in [-0.05, 0) is 57.5 Å². The van der Waals surface area contributed by atoms with Crippen molar-refractivity contribution in [2.24, 2.45) is 0 Å². The lowest BCUT2D eigenvalue weighted by Gasteiger charge is -2.56. The molecular weight excluding hydrogens is 478 g/mol. The highest BCUT2D eigenvalue weighted by Gasteiger charge is 2.44. The van der Waals surface area contributed by atoms with Crippen LogP contribution in [0, 0.1) is 18.3 Å². The van der Waals surface area contributed by atoms with E-state index in [9.17, 15) is 10.4 Å². The van der Waals surface area contributed by atoms with Gasteiger partial charge in [-0.15, -0.1) is 0 Å². The second kappa shape index (κ2) is 9.39. The van der Waals surface area contributed by atoms with Crippen molar-refractivity contribution in [3.05, 3.63) is 71.9 Å². The largest absolute Gasteiger partial charge is 0.489 e. The zero-order valence-corrected chi connectivity index (χ0v) is 21.9. The van der Waals surface area contributed by atoms with E-state index in [1.165, 1.54) is 6.42 Å². The molecule has 0 radical (unpaired) electrons. The van der Waals surface area contributed by atoms with Crippen LogP contribution in [0.2, 0.25) is 0 Å². The molecular formula is C29H31N7O2. The Labute approximate surface area is 221 Å². The minimum Gasteiger partial charge on any atom is -0.489 e. The Morgan fingerprint density at radius 3 is 2.66 bits per heavy atom. The van der Waals surface area contributed by atoms with E-state index in [1.54, 1.807) is 30.8 Å². The monoisotopic (exact) mass is 509 g/mol. The standard InChI is InChI=1S/C29H31N7O2/c1-19-5-4-6-22(33-19)14-35-23-9-24(35)16-34(15-23)27-8-7-20(12-31-27)26-10-25(38-18-29(2,3)37)17-36-28(26)21(11-30)13-32-36/h4-8,10,12-13,17,23-24,37H,9,14-16,18H2,1-3H3. The number of pyridine rings is 3. The molecule has 0 spiro atoms. The maximum Gasteiger partial charge on any atom is 0.138 e. The fourth-order valence-corrected chi connectivity index (χ4v) is 5.48. The normalized spacial score (nSPS) is 19.3. The number of anilines is 1. The Balaban J connectivity index is 1.21. The summed E-state index contributed by atoms with van der Waals surface area (Å²) in [4.78, 5) is 14.4. The summed E-state index contributed by atoms with van der Waals surface area (Å²) < 4.78 is 7.50. The van der Waals surface area contributed by atoms with Crippen molar-refractivity contribution in [3.8, 4) is 22.9 Å². The van der Waals surface area contributed by atoms with E-state index in [0.717, 1.165) is 48.0 Å². The lowest BCUT2D eigenvalue weighted by atomic mass is 9.87. The lowest BCUT2D eigenvalue weighted by molar-refractivity contribution is -0.00970. The van der Waals surface area contributed by atoms with Crippen molar-refractivity contribution in [2.45, 2.75) is 51.4 Å². The van der Waals surface area contributed by atoms with Gasteiger partial charge in [0.25, 0.3) is 0 Å². The van der Waals surface area contributed by atoms with Crippen molar-refractivity contribution in [1.82, 2.24) is 24.5 Å². The van der Waals surface area contributed by atoms with Crippen LogP contribution in [-0.4, -0.2) is 67.0 Å². The third-order valence-corrected chi connectivity index (χ3v) is 7.32. The minimum atomic E-state index is -0.971. The van der Waals surface area contributed by atoms with Crippen LogP contribution in [-0.2, 0) is 6.54 Å². The Morgan fingerprint density at radius 2 is 1.97 bits per heavy atom. The molecule has 3 fully saturated rings. The van der Waals surface area contributed by atoms with Gasteiger partial charge in [-0.25, -0.2) is 9.50 Å². The first-order chi connectivity index (χ1) is 18.3. The second-order valence-electron chi connectivity index (χ2n) is 10.9. The van der Waals surface area contributed by atoms with E-state index in [-0.39, 0.29) is 6.61 Å². The van der Waals surface area contributed by atoms with Crippen molar-refractivity contribution < 1.29 is 9.84 Å². The van der Waals surface area contributed by atoms with Crippen LogP contribution >= 0.6 is 0 Å². The Morgan fingerprint density at radius 1 is 1.16 bits per heavy atom. The van der Waals surface area contributed by atoms with Crippen molar-refractivity contribution in [2.75, 3.05) is 24.6 Å². The first-order valence-corrected chi connectivity index (χ1v) is 12.9. The average Bonchev–Trinajstić information content (AvgIpc) is 3.33. The topological polar surface area (TPSA) is 103 Å². The number of aromatic nitrogens is 4. The molecule has 0 saturated carbocycles. The van der Waals surface area contributed by atoms with Crippen molar-refractivity contribution in [3.63, 3.8) is 0 Å². The van der Waals surface area contributed by atoms with Gasteiger partial charge in [0.2, 0.25) is 0 Å². The highest BCUT2D eigenvalue weighted by molar-refractivity contribution is 5.85. The molecule has 0 amide bonds. The number of fused-ring (bicyclic) bond motifs is 3. The Hall–Kier alpha value is -4.00. The maximum atomic E-state index is 10.1. The molecule has 2 bridgehead atoms. The molecule has 194 valence electrons. The Bertz CT molecular complexity index is 1500. The predicted molar refractivity (Wildman–Crippen MR) is 144 cm³/mol. The van der Waals surface area contributed by atoms with Crippen LogP contribution in [0.4, 0.5) is 5.82 Å². The van der Waals surface area contributed by atoms with Gasteiger partial charge in [0.1, 0.15) is 24.2 Å². The van der Waals surface area contributed by atoms with Gasteiger partial charge >= 0.3 is 0 Å². The van der Waals surface area contributed by atoms with Gasteiger partial charge in [-0.3, -0.25) is 9.88 Å². The molecule has 2 unspecified atom stereocenters. The van der Waals surface area contributed by atoms with Gasteiger partial charge in [0, 0.05) is 54.7 Å². The molecule has 1 N–H and O–H groups in total. The van der Waals surface area contributed by atoms with Crippen molar-refractivity contribution >= 4 is 11.3 Å². The minimum absolute atomic E-state index is 0.135. The van der Waals surface area contributed by atoms with E-state index < -0.39 is 5.60 Å². The molecule has 9 nitrogen and oxygen atoms in total. The molecule has 0 aliphatic carbocycles. The molecule has 3 aliphatic heterocycles. The van der Waals surface area contributed by atoms with Crippen LogP contribution in [0.25, 0.3) is 16.6 Å². The number of nitriles is 1. The quantitative estimate of drug-likeness (QED) is 0.403. The van der Waals surface area contributed by atoms with Gasteiger partial charge in [0.15, 0.2) is 0 Å². The fraction of sp³-hybridized carbons (Fsp3) is 0.379. The van der Waals surface area contributed by atoms with Gasteiger partial charge in [0.05, 0.1) is 34.8 Å². The van der Waals surface area contributed by atoms with E-state index in [1.807, 2.05) is 31.3 Å². The molecule has 7 heterocycles. The summed E-state index contributed by atoms with van der Waals surface area (Å²) in [5, 5.41) is 24.1. The van der Waals surface area contributed by atoms with E-state index in [4.69, 9.17) is 9.72 Å². The molecule has 3 aliphatic rings. The number of hydrogen-bond acceptors (Lipinski definition) is 8. The molecule has 7 rings (SSSR count). The molecule has 38 heavy (non-hydrogen) atoms. The zero-order valence-electron chi connectivity index (χ0n) is 21.9. The van der Waals surface area contributed by atoms with E-state index >= 15 is 0 Å². The van der Waals surface area contributed by atoms with Crippen molar-refractivity contribution in [1.29, 1.82) is 5.26 Å². The number of hydrogen-bond donors (Lipinski definition) is 1. The third kappa shape index (κ3) is 4.69. The summed E-state index contributed by atoms with van der Waals surface area (Å²) in [5.41, 5.74) is 4.09. The number of rotatable bonds is 7. The number of nitrogens with zero attached hydrogens (tertiary/aromatic N) is 7. The molecule has 9 heteroatoms. The highest BCUT2D eigenvalue weighted by Crippen LogP contribution is 2.36. The van der Waals surface area contributed by atoms with E-state index in [0.29, 0.717) is 28.9 Å². The van der Waals surface area contributed by atoms with Crippen LogP contribution in [0.3, 0.4) is 0 Å². The SMILES string of the molecule is Cc1cccc(CN2C3CC2CN(c2ccc(-c4cc(OCC(C)(C)O)cn5ncc(C#N)c45)cn2)C3)n1. The Kier molecular flexibility index (Phi) is 6.01. The van der Waals surface area contributed by atoms with Gasteiger partial charge < -0.3 is 14.7 Å². The summed E-state index contributed by atoms with van der Waals surface area (Å²) in [6, 6.07) is 15.4.